The van der Waals surface area contributed by atoms with Gasteiger partial charge < -0.3 is 14.8 Å². The van der Waals surface area contributed by atoms with Gasteiger partial charge in [0, 0.05) is 18.3 Å². The number of ether oxygens (including phenoxy) is 2. The largest absolute Gasteiger partial charge is 0.586 e. The summed E-state index contributed by atoms with van der Waals surface area (Å²) in [6.07, 6.45) is -3.79. The van der Waals surface area contributed by atoms with Crippen LogP contribution in [0.15, 0.2) is 18.2 Å². The third-order valence-electron chi connectivity index (χ3n) is 3.44. The number of carbonyl (C=O) groups excluding carboxylic acids is 4. The van der Waals surface area contributed by atoms with Gasteiger partial charge in [0.2, 0.25) is 5.91 Å². The van der Waals surface area contributed by atoms with Gasteiger partial charge in [0.25, 0.3) is 0 Å². The zero-order valence-corrected chi connectivity index (χ0v) is 12.7. The highest BCUT2D eigenvalue weighted by molar-refractivity contribution is 6.45. The molecule has 1 N–H and O–H groups in total. The minimum absolute atomic E-state index is 0.00209. The molecule has 1 aromatic carbocycles. The van der Waals surface area contributed by atoms with E-state index in [9.17, 15) is 28.0 Å². The second-order valence-corrected chi connectivity index (χ2v) is 5.10. The van der Waals surface area contributed by atoms with E-state index in [0.717, 1.165) is 6.07 Å². The zero-order chi connectivity index (χ0) is 18.4. The molecule has 2 aliphatic rings. The number of anilines is 1. The van der Waals surface area contributed by atoms with Gasteiger partial charge in [0.05, 0.1) is 0 Å². The predicted octanol–water partition coefficient (Wildman–Crippen LogP) is 0.757. The molecule has 25 heavy (non-hydrogen) atoms. The molecule has 2 heterocycles. The van der Waals surface area contributed by atoms with Crippen molar-refractivity contribution in [1.29, 1.82) is 0 Å². The Hall–Kier alpha value is -3.24. The van der Waals surface area contributed by atoms with Crippen molar-refractivity contribution >= 4 is 29.4 Å². The summed E-state index contributed by atoms with van der Waals surface area (Å²) in [7, 11) is 0. The number of fused-ring (bicyclic) bond motifs is 1. The molecule has 0 saturated carbocycles. The number of alkyl halides is 2. The first kappa shape index (κ1) is 16.6. The molecule has 3 rings (SSSR count). The summed E-state index contributed by atoms with van der Waals surface area (Å²) >= 11 is 0. The number of nitrogens with one attached hydrogen (secondary N) is 1. The fourth-order valence-corrected chi connectivity index (χ4v) is 2.34. The van der Waals surface area contributed by atoms with Crippen LogP contribution in [0.5, 0.6) is 11.5 Å². The highest BCUT2D eigenvalue weighted by Crippen LogP contribution is 2.42. The molecule has 0 spiro atoms. The Kier molecular flexibility index (Phi) is 3.78. The van der Waals surface area contributed by atoms with E-state index in [1.54, 1.807) is 0 Å². The summed E-state index contributed by atoms with van der Waals surface area (Å²) < 4.78 is 34.4. The topological polar surface area (TPSA) is 105 Å². The standard InChI is InChI=1S/C14H11F2N3O6/c1-2-18-11(21)12(22)19(13(18)23)6-10(20)17-7-3-4-8-9(5-7)25-14(15,16)24-8/h3-5H,2,6H2,1H3,(H,17,20). The lowest BCUT2D eigenvalue weighted by Crippen LogP contribution is -2.38. The Labute approximate surface area is 139 Å². The second kappa shape index (κ2) is 5.69. The first-order valence-corrected chi connectivity index (χ1v) is 7.09. The number of imide groups is 2. The van der Waals surface area contributed by atoms with Gasteiger partial charge >= 0.3 is 24.1 Å². The summed E-state index contributed by atoms with van der Waals surface area (Å²) in [4.78, 5) is 48.3. The maximum atomic E-state index is 12.9. The maximum absolute atomic E-state index is 12.9. The number of amides is 5. The van der Waals surface area contributed by atoms with Crippen molar-refractivity contribution in [2.75, 3.05) is 18.4 Å². The van der Waals surface area contributed by atoms with Crippen LogP contribution >= 0.6 is 0 Å². The van der Waals surface area contributed by atoms with E-state index in [1.807, 2.05) is 0 Å². The number of hydrogen-bond donors (Lipinski definition) is 1. The van der Waals surface area contributed by atoms with E-state index >= 15 is 0 Å². The summed E-state index contributed by atoms with van der Waals surface area (Å²) in [5.74, 6) is -3.38. The van der Waals surface area contributed by atoms with E-state index in [-0.39, 0.29) is 23.7 Å². The Balaban J connectivity index is 1.67. The summed E-state index contributed by atoms with van der Waals surface area (Å²) in [5.41, 5.74) is 0.0859. The normalized spacial score (nSPS) is 18.1. The second-order valence-electron chi connectivity index (χ2n) is 5.10. The van der Waals surface area contributed by atoms with Crippen molar-refractivity contribution in [2.24, 2.45) is 0 Å². The highest BCUT2D eigenvalue weighted by Gasteiger charge is 2.45. The van der Waals surface area contributed by atoms with Crippen molar-refractivity contribution in [2.45, 2.75) is 13.2 Å². The smallest absolute Gasteiger partial charge is 0.395 e. The lowest BCUT2D eigenvalue weighted by atomic mass is 10.2. The first-order chi connectivity index (χ1) is 11.7. The van der Waals surface area contributed by atoms with Crippen molar-refractivity contribution in [1.82, 2.24) is 9.80 Å². The van der Waals surface area contributed by atoms with Crippen LogP contribution in [0.3, 0.4) is 0 Å². The van der Waals surface area contributed by atoms with Gasteiger partial charge in [-0.1, -0.05) is 0 Å². The van der Waals surface area contributed by atoms with Gasteiger partial charge in [-0.15, -0.1) is 8.78 Å². The van der Waals surface area contributed by atoms with Crippen molar-refractivity contribution in [3.05, 3.63) is 18.2 Å². The molecule has 1 saturated heterocycles. The average Bonchev–Trinajstić information content (AvgIpc) is 2.94. The fourth-order valence-electron chi connectivity index (χ4n) is 2.34. The molecule has 0 unspecified atom stereocenters. The van der Waals surface area contributed by atoms with Crippen molar-refractivity contribution < 1.29 is 37.4 Å². The van der Waals surface area contributed by atoms with E-state index in [2.05, 4.69) is 14.8 Å². The quantitative estimate of drug-likeness (QED) is 0.631. The molecule has 0 radical (unpaired) electrons. The SMILES string of the molecule is CCN1C(=O)C(=O)N(CC(=O)Nc2ccc3c(c2)OC(F)(F)O3)C1=O. The molecule has 0 bridgehead atoms. The highest BCUT2D eigenvalue weighted by atomic mass is 19.3. The molecule has 1 aromatic rings. The van der Waals surface area contributed by atoms with Crippen LogP contribution in [0, 0.1) is 0 Å². The van der Waals surface area contributed by atoms with Gasteiger partial charge in [0.15, 0.2) is 11.5 Å². The number of halogens is 2. The monoisotopic (exact) mass is 355 g/mol. The van der Waals surface area contributed by atoms with Crippen molar-refractivity contribution in [3.8, 4) is 11.5 Å². The van der Waals surface area contributed by atoms with Gasteiger partial charge in [0.1, 0.15) is 6.54 Å². The van der Waals surface area contributed by atoms with Crippen LogP contribution < -0.4 is 14.8 Å². The number of rotatable bonds is 4. The minimum Gasteiger partial charge on any atom is -0.395 e. The van der Waals surface area contributed by atoms with E-state index in [4.69, 9.17) is 0 Å². The molecular formula is C14H11F2N3O6. The van der Waals surface area contributed by atoms with Crippen molar-refractivity contribution in [3.63, 3.8) is 0 Å². The fraction of sp³-hybridized carbons (Fsp3) is 0.286. The van der Waals surface area contributed by atoms with Gasteiger partial charge in [-0.3, -0.25) is 19.3 Å². The Bertz CT molecular complexity index is 797. The maximum Gasteiger partial charge on any atom is 0.586 e. The lowest BCUT2D eigenvalue weighted by Gasteiger charge is -2.14. The predicted molar refractivity (Wildman–Crippen MR) is 75.8 cm³/mol. The van der Waals surface area contributed by atoms with E-state index in [0.29, 0.717) is 9.80 Å². The van der Waals surface area contributed by atoms with Crippen LogP contribution in [0.25, 0.3) is 0 Å². The molecule has 1 fully saturated rings. The number of benzene rings is 1. The molecule has 2 aliphatic heterocycles. The van der Waals surface area contributed by atoms with Gasteiger partial charge in [-0.05, 0) is 19.1 Å². The molecule has 0 aromatic heterocycles. The Morgan fingerprint density at radius 3 is 2.40 bits per heavy atom. The van der Waals surface area contributed by atoms with E-state index in [1.165, 1.54) is 19.1 Å². The minimum atomic E-state index is -3.79. The summed E-state index contributed by atoms with van der Waals surface area (Å²) in [5, 5.41) is 2.32. The molecule has 132 valence electrons. The number of carbonyl (C=O) groups is 4. The molecule has 11 heteroatoms. The van der Waals surface area contributed by atoms with Gasteiger partial charge in [-0.2, -0.15) is 0 Å². The van der Waals surface area contributed by atoms with Crippen LogP contribution in [-0.2, 0) is 14.4 Å². The summed E-state index contributed by atoms with van der Waals surface area (Å²) in [6, 6.07) is 2.66. The number of nitrogens with zero attached hydrogens (tertiary/aromatic N) is 2. The number of urea groups is 1. The van der Waals surface area contributed by atoms with Crippen LogP contribution in [0.2, 0.25) is 0 Å². The van der Waals surface area contributed by atoms with Gasteiger partial charge in [-0.25, -0.2) is 9.69 Å². The molecule has 9 nitrogen and oxygen atoms in total. The van der Waals surface area contributed by atoms with Crippen LogP contribution in [0.4, 0.5) is 19.3 Å². The van der Waals surface area contributed by atoms with E-state index < -0.39 is 36.6 Å². The number of hydrogen-bond acceptors (Lipinski definition) is 6. The zero-order valence-electron chi connectivity index (χ0n) is 12.7. The van der Waals surface area contributed by atoms with Crippen LogP contribution in [-0.4, -0.2) is 52.9 Å². The third-order valence-corrected chi connectivity index (χ3v) is 3.44. The molecule has 0 aliphatic carbocycles. The molecule has 0 atom stereocenters. The Morgan fingerprint density at radius 1 is 1.12 bits per heavy atom. The average molecular weight is 355 g/mol. The molecular weight excluding hydrogens is 344 g/mol. The first-order valence-electron chi connectivity index (χ1n) is 7.09. The summed E-state index contributed by atoms with van der Waals surface area (Å²) in [6.45, 7) is 0.817. The number of likely N-dealkylation sites (N-methyl/N-ethyl adjacent to an activating group) is 1. The Morgan fingerprint density at radius 2 is 1.76 bits per heavy atom. The lowest BCUT2D eigenvalue weighted by molar-refractivity contribution is -0.286. The molecule has 5 amide bonds. The third kappa shape index (κ3) is 2.95. The van der Waals surface area contributed by atoms with Crippen LogP contribution in [0.1, 0.15) is 6.92 Å².